The van der Waals surface area contributed by atoms with E-state index in [1.54, 1.807) is 0 Å². The first-order valence-corrected chi connectivity index (χ1v) is 8.21. The van der Waals surface area contributed by atoms with Crippen LogP contribution in [0.3, 0.4) is 0 Å². The summed E-state index contributed by atoms with van der Waals surface area (Å²) >= 11 is 0. The largest absolute Gasteiger partial charge is 0.480 e. The number of aliphatic carboxylic acids is 1. The Morgan fingerprint density at radius 1 is 1.17 bits per heavy atom. The van der Waals surface area contributed by atoms with Gasteiger partial charge in [-0.15, -0.1) is 0 Å². The summed E-state index contributed by atoms with van der Waals surface area (Å²) in [6, 6.07) is 8.71. The number of likely N-dealkylation sites (N-methyl/N-ethyl adjacent to an activating group) is 1. The van der Waals surface area contributed by atoms with E-state index in [1.165, 1.54) is 0 Å². The minimum atomic E-state index is -0.981. The summed E-state index contributed by atoms with van der Waals surface area (Å²) in [7, 11) is 0. The molecule has 0 aliphatic carbocycles. The van der Waals surface area contributed by atoms with E-state index in [0.717, 1.165) is 5.56 Å². The van der Waals surface area contributed by atoms with Gasteiger partial charge in [-0.2, -0.15) is 0 Å². The molecule has 2 N–H and O–H groups in total. The Morgan fingerprint density at radius 3 is 2.26 bits per heavy atom. The predicted octanol–water partition coefficient (Wildman–Crippen LogP) is 2.51. The molecule has 5 heteroatoms. The highest BCUT2D eigenvalue weighted by Gasteiger charge is 2.29. The van der Waals surface area contributed by atoms with Crippen molar-refractivity contribution in [2.75, 3.05) is 6.54 Å². The fraction of sp³-hybridized carbons (Fsp3) is 0.556. The predicted molar refractivity (Wildman–Crippen MR) is 91.0 cm³/mol. The Hall–Kier alpha value is -1.88. The van der Waals surface area contributed by atoms with Crippen molar-refractivity contribution in [3.05, 3.63) is 35.9 Å². The van der Waals surface area contributed by atoms with Crippen LogP contribution in [0.1, 0.15) is 39.7 Å². The van der Waals surface area contributed by atoms with Crippen molar-refractivity contribution in [3.8, 4) is 0 Å². The molecule has 128 valence electrons. The molecule has 1 amide bonds. The van der Waals surface area contributed by atoms with E-state index in [9.17, 15) is 14.7 Å². The maximum atomic E-state index is 12.5. The lowest BCUT2D eigenvalue weighted by Gasteiger charge is -2.29. The number of amides is 1. The molecule has 1 aromatic rings. The molecule has 0 aliphatic heterocycles. The van der Waals surface area contributed by atoms with Crippen molar-refractivity contribution in [2.45, 2.75) is 52.7 Å². The van der Waals surface area contributed by atoms with Gasteiger partial charge in [-0.1, -0.05) is 57.5 Å². The van der Waals surface area contributed by atoms with Gasteiger partial charge >= 0.3 is 5.97 Å². The summed E-state index contributed by atoms with van der Waals surface area (Å²) in [5.74, 6) is -1.32. The quantitative estimate of drug-likeness (QED) is 0.733. The minimum absolute atomic E-state index is 0.104. The summed E-state index contributed by atoms with van der Waals surface area (Å²) in [5.41, 5.74) is 1.13. The zero-order valence-corrected chi connectivity index (χ0v) is 14.5. The number of hydrogen-bond donors (Lipinski definition) is 2. The van der Waals surface area contributed by atoms with E-state index in [4.69, 9.17) is 0 Å². The van der Waals surface area contributed by atoms with Gasteiger partial charge in [0.1, 0.15) is 6.04 Å². The summed E-state index contributed by atoms with van der Waals surface area (Å²) in [4.78, 5) is 25.8. The van der Waals surface area contributed by atoms with E-state index in [-0.39, 0.29) is 17.9 Å². The summed E-state index contributed by atoms with van der Waals surface area (Å²) in [5, 5.41) is 12.0. The molecular weight excluding hydrogens is 292 g/mol. The summed E-state index contributed by atoms with van der Waals surface area (Å²) in [6.07, 6.45) is 0.702. The summed E-state index contributed by atoms with van der Waals surface area (Å²) in [6.45, 7) is 8.94. The smallest absolute Gasteiger partial charge is 0.326 e. The fourth-order valence-electron chi connectivity index (χ4n) is 2.46. The van der Waals surface area contributed by atoms with Gasteiger partial charge in [-0.25, -0.2) is 4.79 Å². The Bertz CT molecular complexity index is 504. The first-order chi connectivity index (χ1) is 10.9. The second kappa shape index (κ2) is 9.30. The number of carbonyl (C=O) groups excluding carboxylic acids is 1. The van der Waals surface area contributed by atoms with Gasteiger partial charge in [0, 0.05) is 6.54 Å². The van der Waals surface area contributed by atoms with Crippen LogP contribution in [0.2, 0.25) is 0 Å². The van der Waals surface area contributed by atoms with Crippen LogP contribution >= 0.6 is 0 Å². The van der Waals surface area contributed by atoms with Crippen LogP contribution in [-0.2, 0) is 16.1 Å². The second-order valence-corrected chi connectivity index (χ2v) is 5.93. The number of carboxylic acid groups (broad SMARTS) is 1. The van der Waals surface area contributed by atoms with Crippen LogP contribution in [0, 0.1) is 5.92 Å². The van der Waals surface area contributed by atoms with Crippen LogP contribution in [0.5, 0.6) is 0 Å². The Labute approximate surface area is 138 Å². The van der Waals surface area contributed by atoms with Gasteiger partial charge in [0.25, 0.3) is 0 Å². The molecule has 1 rings (SSSR count). The standard InChI is InChI=1S/C18H28N2O3/c1-5-13(3)16(18(22)23)19-17(21)14(4)20(6-2)12-15-10-8-7-9-11-15/h7-11,13-14,16H,5-6,12H2,1-4H3,(H,19,21)(H,22,23). The number of nitrogens with one attached hydrogen (secondary N) is 1. The van der Waals surface area contributed by atoms with Crippen LogP contribution in [0.15, 0.2) is 30.3 Å². The molecule has 3 unspecified atom stereocenters. The summed E-state index contributed by atoms with van der Waals surface area (Å²) < 4.78 is 0. The van der Waals surface area contributed by atoms with Crippen molar-refractivity contribution in [2.24, 2.45) is 5.92 Å². The zero-order valence-electron chi connectivity index (χ0n) is 14.5. The molecule has 1 aromatic carbocycles. The second-order valence-electron chi connectivity index (χ2n) is 5.93. The number of carbonyl (C=O) groups is 2. The first-order valence-electron chi connectivity index (χ1n) is 8.21. The third kappa shape index (κ3) is 5.67. The lowest BCUT2D eigenvalue weighted by Crippen LogP contribution is -2.52. The molecule has 0 bridgehead atoms. The van der Waals surface area contributed by atoms with Crippen molar-refractivity contribution in [1.29, 1.82) is 0 Å². The monoisotopic (exact) mass is 320 g/mol. The lowest BCUT2D eigenvalue weighted by molar-refractivity contribution is -0.144. The Morgan fingerprint density at radius 2 is 1.78 bits per heavy atom. The number of nitrogens with zero attached hydrogens (tertiary/aromatic N) is 1. The van der Waals surface area contributed by atoms with E-state index in [2.05, 4.69) is 5.32 Å². The van der Waals surface area contributed by atoms with E-state index < -0.39 is 12.0 Å². The van der Waals surface area contributed by atoms with Gasteiger partial charge in [-0.05, 0) is 24.9 Å². The average molecular weight is 320 g/mol. The van der Waals surface area contributed by atoms with Gasteiger partial charge in [0.2, 0.25) is 5.91 Å². The van der Waals surface area contributed by atoms with Crippen LogP contribution in [0.4, 0.5) is 0 Å². The van der Waals surface area contributed by atoms with Crippen molar-refractivity contribution >= 4 is 11.9 Å². The molecule has 0 aromatic heterocycles. The number of hydrogen-bond acceptors (Lipinski definition) is 3. The molecule has 0 radical (unpaired) electrons. The van der Waals surface area contributed by atoms with Crippen molar-refractivity contribution < 1.29 is 14.7 Å². The Kier molecular flexibility index (Phi) is 7.75. The molecule has 0 spiro atoms. The average Bonchev–Trinajstić information content (AvgIpc) is 2.56. The van der Waals surface area contributed by atoms with Gasteiger partial charge in [0.05, 0.1) is 6.04 Å². The van der Waals surface area contributed by atoms with E-state index in [1.807, 2.05) is 62.9 Å². The topological polar surface area (TPSA) is 69.6 Å². The van der Waals surface area contributed by atoms with E-state index in [0.29, 0.717) is 19.5 Å². The molecule has 0 saturated heterocycles. The third-order valence-electron chi connectivity index (χ3n) is 4.34. The molecule has 3 atom stereocenters. The van der Waals surface area contributed by atoms with Crippen LogP contribution in [-0.4, -0.2) is 40.5 Å². The van der Waals surface area contributed by atoms with Crippen LogP contribution < -0.4 is 5.32 Å². The highest BCUT2D eigenvalue weighted by Crippen LogP contribution is 2.11. The van der Waals surface area contributed by atoms with Gasteiger partial charge < -0.3 is 10.4 Å². The highest BCUT2D eigenvalue weighted by molar-refractivity contribution is 5.86. The van der Waals surface area contributed by atoms with Crippen LogP contribution in [0.25, 0.3) is 0 Å². The highest BCUT2D eigenvalue weighted by atomic mass is 16.4. The van der Waals surface area contributed by atoms with Gasteiger partial charge in [-0.3, -0.25) is 9.69 Å². The van der Waals surface area contributed by atoms with E-state index >= 15 is 0 Å². The molecule has 23 heavy (non-hydrogen) atoms. The number of rotatable bonds is 9. The minimum Gasteiger partial charge on any atom is -0.480 e. The number of benzene rings is 1. The molecule has 0 saturated carbocycles. The third-order valence-corrected chi connectivity index (χ3v) is 4.34. The SMILES string of the molecule is CCC(C)C(NC(=O)C(C)N(CC)Cc1ccccc1)C(=O)O. The molecule has 0 fully saturated rings. The normalized spacial score (nSPS) is 15.0. The van der Waals surface area contributed by atoms with Crippen molar-refractivity contribution in [1.82, 2.24) is 10.2 Å². The lowest BCUT2D eigenvalue weighted by atomic mass is 9.99. The maximum Gasteiger partial charge on any atom is 0.326 e. The van der Waals surface area contributed by atoms with Crippen molar-refractivity contribution in [3.63, 3.8) is 0 Å². The molecule has 0 heterocycles. The molecule has 5 nitrogen and oxygen atoms in total. The first kappa shape index (κ1) is 19.2. The maximum absolute atomic E-state index is 12.5. The molecular formula is C18H28N2O3. The zero-order chi connectivity index (χ0) is 17.4. The molecule has 0 aliphatic rings. The fourth-order valence-corrected chi connectivity index (χ4v) is 2.46. The number of carboxylic acids is 1. The van der Waals surface area contributed by atoms with Gasteiger partial charge in [0.15, 0.2) is 0 Å². The Balaban J connectivity index is 2.74.